The first-order valence-corrected chi connectivity index (χ1v) is 6.40. The lowest BCUT2D eigenvalue weighted by molar-refractivity contribution is 0.229. The first kappa shape index (κ1) is 13.8. The molecule has 1 saturated carbocycles. The number of isocyanates is 2. The molecule has 1 aliphatic carbocycles. The van der Waals surface area contributed by atoms with Gasteiger partial charge in [0.1, 0.15) is 0 Å². The average Bonchev–Trinajstić information content (AvgIpc) is 2.59. The second-order valence-electron chi connectivity index (χ2n) is 4.90. The van der Waals surface area contributed by atoms with Gasteiger partial charge in [-0.2, -0.15) is 0 Å². The lowest BCUT2D eigenvalue weighted by Crippen LogP contribution is -2.24. The minimum Gasteiger partial charge on any atom is -0.211 e. The Labute approximate surface area is 102 Å². The summed E-state index contributed by atoms with van der Waals surface area (Å²) in [5.74, 6) is 0. The zero-order chi connectivity index (χ0) is 12.4. The Kier molecular flexibility index (Phi) is 6.46. The van der Waals surface area contributed by atoms with E-state index >= 15 is 0 Å². The van der Waals surface area contributed by atoms with E-state index in [0.29, 0.717) is 13.1 Å². The van der Waals surface area contributed by atoms with Crippen LogP contribution in [0.4, 0.5) is 0 Å². The molecule has 0 atom stereocenters. The zero-order valence-electron chi connectivity index (χ0n) is 10.3. The summed E-state index contributed by atoms with van der Waals surface area (Å²) in [5, 5.41) is 0. The molecule has 0 saturated heterocycles. The van der Waals surface area contributed by atoms with Crippen LogP contribution in [-0.2, 0) is 9.59 Å². The van der Waals surface area contributed by atoms with E-state index in [9.17, 15) is 9.59 Å². The second-order valence-corrected chi connectivity index (χ2v) is 4.90. The predicted octanol–water partition coefficient (Wildman–Crippen LogP) is 2.78. The zero-order valence-corrected chi connectivity index (χ0v) is 10.3. The maximum Gasteiger partial charge on any atom is 0.234 e. The summed E-state index contributed by atoms with van der Waals surface area (Å²) in [6.45, 7) is 1.12. The van der Waals surface area contributed by atoms with E-state index in [1.807, 2.05) is 0 Å². The molecular weight excluding hydrogens is 216 g/mol. The Morgan fingerprint density at radius 1 is 0.941 bits per heavy atom. The molecule has 0 aromatic rings. The van der Waals surface area contributed by atoms with Crippen LogP contribution in [-0.4, -0.2) is 25.2 Å². The smallest absolute Gasteiger partial charge is 0.211 e. The van der Waals surface area contributed by atoms with Gasteiger partial charge >= 0.3 is 0 Å². The Bertz CT molecular complexity index is 307. The van der Waals surface area contributed by atoms with Gasteiger partial charge in [0.05, 0.1) is 13.1 Å². The normalized spacial score (nSPS) is 18.6. The Morgan fingerprint density at radius 2 is 1.59 bits per heavy atom. The molecule has 1 rings (SSSR count). The standard InChI is InChI=1S/C13H20N2O2/c16-11-14-9-5-8-13(10-15-12-17)6-3-1-2-4-7-13/h1-10H2. The second kappa shape index (κ2) is 7.94. The minimum absolute atomic E-state index is 0.145. The molecule has 17 heavy (non-hydrogen) atoms. The van der Waals surface area contributed by atoms with E-state index in [1.54, 1.807) is 12.2 Å². The van der Waals surface area contributed by atoms with Crippen molar-refractivity contribution >= 4 is 12.2 Å². The van der Waals surface area contributed by atoms with Crippen LogP contribution in [0.15, 0.2) is 9.98 Å². The molecule has 4 heteroatoms. The Balaban J connectivity index is 2.55. The Morgan fingerprint density at radius 3 is 2.18 bits per heavy atom. The topological polar surface area (TPSA) is 58.9 Å². The molecule has 0 N–H and O–H groups in total. The fraction of sp³-hybridized carbons (Fsp3) is 0.846. The van der Waals surface area contributed by atoms with Gasteiger partial charge < -0.3 is 0 Å². The molecule has 0 spiro atoms. The van der Waals surface area contributed by atoms with Gasteiger partial charge in [0.15, 0.2) is 0 Å². The summed E-state index contributed by atoms with van der Waals surface area (Å²) in [6, 6.07) is 0. The molecule has 0 aromatic heterocycles. The molecule has 0 amide bonds. The quantitative estimate of drug-likeness (QED) is 0.308. The van der Waals surface area contributed by atoms with Crippen LogP contribution in [0.25, 0.3) is 0 Å². The van der Waals surface area contributed by atoms with Crippen LogP contribution in [0.1, 0.15) is 51.4 Å². The average molecular weight is 236 g/mol. The van der Waals surface area contributed by atoms with Gasteiger partial charge in [-0.3, -0.25) is 0 Å². The largest absolute Gasteiger partial charge is 0.234 e. The first-order valence-electron chi connectivity index (χ1n) is 6.40. The summed E-state index contributed by atoms with van der Waals surface area (Å²) >= 11 is 0. The van der Waals surface area contributed by atoms with Crippen molar-refractivity contribution in [3.05, 3.63) is 0 Å². The van der Waals surface area contributed by atoms with Crippen molar-refractivity contribution in [2.45, 2.75) is 51.4 Å². The Hall–Kier alpha value is -1.24. The molecule has 0 bridgehead atoms. The maximum absolute atomic E-state index is 10.3. The van der Waals surface area contributed by atoms with Crippen molar-refractivity contribution < 1.29 is 9.59 Å². The molecule has 1 aliphatic rings. The number of aliphatic imine (C=N–C) groups is 2. The highest BCUT2D eigenvalue weighted by Crippen LogP contribution is 2.39. The molecule has 0 heterocycles. The van der Waals surface area contributed by atoms with E-state index in [0.717, 1.165) is 25.7 Å². The predicted molar refractivity (Wildman–Crippen MR) is 65.3 cm³/mol. The first-order chi connectivity index (χ1) is 8.33. The molecule has 0 aromatic carbocycles. The lowest BCUT2D eigenvalue weighted by Gasteiger charge is -2.30. The minimum atomic E-state index is 0.145. The van der Waals surface area contributed by atoms with Gasteiger partial charge in [-0.05, 0) is 31.1 Å². The van der Waals surface area contributed by atoms with Crippen molar-refractivity contribution in [2.75, 3.05) is 13.1 Å². The molecule has 0 aliphatic heterocycles. The van der Waals surface area contributed by atoms with E-state index in [2.05, 4.69) is 9.98 Å². The summed E-state index contributed by atoms with van der Waals surface area (Å²) in [5.41, 5.74) is 0.145. The van der Waals surface area contributed by atoms with Gasteiger partial charge in [-0.25, -0.2) is 19.6 Å². The maximum atomic E-state index is 10.3. The highest BCUT2D eigenvalue weighted by Gasteiger charge is 2.30. The number of carbonyl (C=O) groups excluding carboxylic acids is 2. The summed E-state index contributed by atoms with van der Waals surface area (Å²) in [7, 11) is 0. The van der Waals surface area contributed by atoms with Crippen LogP contribution in [0.5, 0.6) is 0 Å². The number of hydrogen-bond acceptors (Lipinski definition) is 4. The van der Waals surface area contributed by atoms with Gasteiger partial charge in [0, 0.05) is 0 Å². The van der Waals surface area contributed by atoms with E-state index < -0.39 is 0 Å². The number of nitrogens with zero attached hydrogens (tertiary/aromatic N) is 2. The SMILES string of the molecule is O=C=NCCCC1(CN=C=O)CCCCCC1. The number of rotatable bonds is 6. The van der Waals surface area contributed by atoms with E-state index in [-0.39, 0.29) is 5.41 Å². The third-order valence-electron chi connectivity index (χ3n) is 3.68. The molecule has 1 fully saturated rings. The fourth-order valence-corrected chi connectivity index (χ4v) is 2.74. The van der Waals surface area contributed by atoms with E-state index in [1.165, 1.54) is 25.7 Å². The van der Waals surface area contributed by atoms with Gasteiger partial charge in [0.2, 0.25) is 12.2 Å². The fourth-order valence-electron chi connectivity index (χ4n) is 2.74. The van der Waals surface area contributed by atoms with Crippen molar-refractivity contribution in [1.82, 2.24) is 0 Å². The van der Waals surface area contributed by atoms with Crippen LogP contribution in [0.2, 0.25) is 0 Å². The number of hydrogen-bond donors (Lipinski definition) is 0. The third kappa shape index (κ3) is 5.08. The third-order valence-corrected chi connectivity index (χ3v) is 3.68. The summed E-state index contributed by atoms with van der Waals surface area (Å²) < 4.78 is 0. The van der Waals surface area contributed by atoms with Gasteiger partial charge in [-0.15, -0.1) is 0 Å². The van der Waals surface area contributed by atoms with Crippen LogP contribution in [0.3, 0.4) is 0 Å². The van der Waals surface area contributed by atoms with Crippen LogP contribution in [0, 0.1) is 5.41 Å². The summed E-state index contributed by atoms with van der Waals surface area (Å²) in [6.07, 6.45) is 12.3. The van der Waals surface area contributed by atoms with Crippen LogP contribution < -0.4 is 0 Å². The summed E-state index contributed by atoms with van der Waals surface area (Å²) in [4.78, 5) is 27.7. The van der Waals surface area contributed by atoms with Gasteiger partial charge in [-0.1, -0.05) is 25.7 Å². The molecule has 94 valence electrons. The lowest BCUT2D eigenvalue weighted by atomic mass is 9.76. The van der Waals surface area contributed by atoms with Crippen molar-refractivity contribution in [2.24, 2.45) is 15.4 Å². The van der Waals surface area contributed by atoms with Crippen molar-refractivity contribution in [1.29, 1.82) is 0 Å². The monoisotopic (exact) mass is 236 g/mol. The highest BCUT2D eigenvalue weighted by atomic mass is 16.1. The molecule has 4 nitrogen and oxygen atoms in total. The van der Waals surface area contributed by atoms with Crippen LogP contribution >= 0.6 is 0 Å². The van der Waals surface area contributed by atoms with Crippen molar-refractivity contribution in [3.63, 3.8) is 0 Å². The molecule has 0 unspecified atom stereocenters. The van der Waals surface area contributed by atoms with Crippen molar-refractivity contribution in [3.8, 4) is 0 Å². The molecular formula is C13H20N2O2. The van der Waals surface area contributed by atoms with Gasteiger partial charge in [0.25, 0.3) is 0 Å². The molecule has 0 radical (unpaired) electrons. The van der Waals surface area contributed by atoms with E-state index in [4.69, 9.17) is 0 Å². The highest BCUT2D eigenvalue weighted by molar-refractivity contribution is 5.33.